The number of nitrogens with one attached hydrogen (secondary N) is 1. The summed E-state index contributed by atoms with van der Waals surface area (Å²) in [5.74, 6) is 0. The zero-order valence-electron chi connectivity index (χ0n) is 11.3. The Kier molecular flexibility index (Phi) is 3.52. The molecule has 3 N–H and O–H groups in total. The smallest absolute Gasteiger partial charge is 0.0907 e. The van der Waals surface area contributed by atoms with Crippen LogP contribution in [0.4, 0.5) is 11.4 Å². The van der Waals surface area contributed by atoms with Gasteiger partial charge in [-0.05, 0) is 37.1 Å². The van der Waals surface area contributed by atoms with Gasteiger partial charge in [0.05, 0.1) is 26.6 Å². The van der Waals surface area contributed by atoms with Gasteiger partial charge in [-0.15, -0.1) is 11.3 Å². The van der Waals surface area contributed by atoms with Gasteiger partial charge in [0.1, 0.15) is 0 Å². The lowest BCUT2D eigenvalue weighted by molar-refractivity contribution is 1.01. The Bertz CT molecular complexity index is 721. The van der Waals surface area contributed by atoms with Crippen LogP contribution in [0, 0.1) is 6.92 Å². The van der Waals surface area contributed by atoms with E-state index in [1.165, 1.54) is 5.56 Å². The summed E-state index contributed by atoms with van der Waals surface area (Å²) in [6.07, 6.45) is 4.59. The fraction of sp³-hybridized carbons (Fsp3) is 0.200. The minimum absolute atomic E-state index is 0.771. The maximum atomic E-state index is 6.08. The second-order valence-electron chi connectivity index (χ2n) is 4.68. The SMILES string of the molecule is Cc1nc2cc(NCCc3cccnc3)c(N)cc2s1. The zero-order chi connectivity index (χ0) is 13.9. The normalized spacial score (nSPS) is 10.8. The fourth-order valence-corrected chi connectivity index (χ4v) is 3.00. The number of aryl methyl sites for hydroxylation is 1. The molecule has 0 saturated heterocycles. The summed E-state index contributed by atoms with van der Waals surface area (Å²) in [7, 11) is 0. The van der Waals surface area contributed by atoms with E-state index in [1.807, 2.05) is 31.3 Å². The Morgan fingerprint density at radius 1 is 1.35 bits per heavy atom. The van der Waals surface area contributed by atoms with E-state index >= 15 is 0 Å². The number of nitrogen functional groups attached to an aromatic ring is 1. The Morgan fingerprint density at radius 2 is 2.25 bits per heavy atom. The van der Waals surface area contributed by atoms with Gasteiger partial charge in [-0.3, -0.25) is 4.98 Å². The average molecular weight is 284 g/mol. The summed E-state index contributed by atoms with van der Waals surface area (Å²) in [6, 6.07) is 8.04. The lowest BCUT2D eigenvalue weighted by Crippen LogP contribution is -2.07. The summed E-state index contributed by atoms with van der Waals surface area (Å²) >= 11 is 1.67. The third kappa shape index (κ3) is 2.72. The van der Waals surface area contributed by atoms with Crippen molar-refractivity contribution < 1.29 is 0 Å². The van der Waals surface area contributed by atoms with Gasteiger partial charge >= 0.3 is 0 Å². The summed E-state index contributed by atoms with van der Waals surface area (Å²) < 4.78 is 1.14. The minimum atomic E-state index is 0.771. The highest BCUT2D eigenvalue weighted by Gasteiger charge is 2.06. The largest absolute Gasteiger partial charge is 0.397 e. The molecule has 1 aromatic carbocycles. The molecule has 0 saturated carbocycles. The molecule has 20 heavy (non-hydrogen) atoms. The molecule has 102 valence electrons. The Morgan fingerprint density at radius 3 is 3.05 bits per heavy atom. The van der Waals surface area contributed by atoms with Crippen LogP contribution in [0.2, 0.25) is 0 Å². The topological polar surface area (TPSA) is 63.8 Å². The van der Waals surface area contributed by atoms with Crippen molar-refractivity contribution in [3.8, 4) is 0 Å². The average Bonchev–Trinajstić information content (AvgIpc) is 2.79. The van der Waals surface area contributed by atoms with E-state index in [4.69, 9.17) is 5.73 Å². The Balaban J connectivity index is 1.72. The third-order valence-electron chi connectivity index (χ3n) is 3.12. The monoisotopic (exact) mass is 284 g/mol. The summed E-state index contributed by atoms with van der Waals surface area (Å²) in [5, 5.41) is 4.44. The number of anilines is 2. The highest BCUT2D eigenvalue weighted by Crippen LogP contribution is 2.29. The van der Waals surface area contributed by atoms with Crippen LogP contribution in [0.25, 0.3) is 10.2 Å². The van der Waals surface area contributed by atoms with Gasteiger partial charge in [0.2, 0.25) is 0 Å². The van der Waals surface area contributed by atoms with Crippen molar-refractivity contribution in [1.82, 2.24) is 9.97 Å². The number of rotatable bonds is 4. The minimum Gasteiger partial charge on any atom is -0.397 e. The maximum Gasteiger partial charge on any atom is 0.0907 e. The van der Waals surface area contributed by atoms with Crippen LogP contribution in [0.15, 0.2) is 36.7 Å². The van der Waals surface area contributed by atoms with Crippen LogP contribution in [0.1, 0.15) is 10.6 Å². The number of fused-ring (bicyclic) bond motifs is 1. The molecule has 0 spiro atoms. The molecule has 0 aliphatic rings. The van der Waals surface area contributed by atoms with Gasteiger partial charge in [-0.2, -0.15) is 0 Å². The molecule has 0 amide bonds. The van der Waals surface area contributed by atoms with Crippen LogP contribution in [-0.4, -0.2) is 16.5 Å². The molecular weight excluding hydrogens is 268 g/mol. The van der Waals surface area contributed by atoms with Gasteiger partial charge < -0.3 is 11.1 Å². The van der Waals surface area contributed by atoms with Crippen LogP contribution in [0.5, 0.6) is 0 Å². The van der Waals surface area contributed by atoms with Crippen molar-refractivity contribution in [2.45, 2.75) is 13.3 Å². The van der Waals surface area contributed by atoms with Gasteiger partial charge in [0, 0.05) is 18.9 Å². The van der Waals surface area contributed by atoms with Gasteiger partial charge in [-0.25, -0.2) is 4.98 Å². The molecule has 3 aromatic rings. The predicted octanol–water partition coefficient (Wildman–Crippen LogP) is 3.24. The predicted molar refractivity (Wildman–Crippen MR) is 85.2 cm³/mol. The van der Waals surface area contributed by atoms with Crippen molar-refractivity contribution in [3.05, 3.63) is 47.2 Å². The van der Waals surface area contributed by atoms with E-state index in [0.717, 1.165) is 39.6 Å². The van der Waals surface area contributed by atoms with Crippen LogP contribution in [0.3, 0.4) is 0 Å². The van der Waals surface area contributed by atoms with E-state index in [1.54, 1.807) is 17.5 Å². The molecule has 0 bridgehead atoms. The van der Waals surface area contributed by atoms with E-state index in [2.05, 4.69) is 21.4 Å². The first-order chi connectivity index (χ1) is 9.72. The molecule has 0 atom stereocenters. The molecule has 0 aliphatic carbocycles. The zero-order valence-corrected chi connectivity index (χ0v) is 12.1. The number of nitrogens with zero attached hydrogens (tertiary/aromatic N) is 2. The first-order valence-electron chi connectivity index (χ1n) is 6.52. The quantitative estimate of drug-likeness (QED) is 0.722. The first kappa shape index (κ1) is 12.9. The fourth-order valence-electron chi connectivity index (χ4n) is 2.15. The van der Waals surface area contributed by atoms with Crippen molar-refractivity contribution in [2.24, 2.45) is 0 Å². The number of benzene rings is 1. The first-order valence-corrected chi connectivity index (χ1v) is 7.33. The van der Waals surface area contributed by atoms with Gasteiger partial charge in [0.25, 0.3) is 0 Å². The van der Waals surface area contributed by atoms with Crippen molar-refractivity contribution in [3.63, 3.8) is 0 Å². The van der Waals surface area contributed by atoms with E-state index < -0.39 is 0 Å². The molecule has 2 aromatic heterocycles. The number of aromatic nitrogens is 2. The molecule has 3 rings (SSSR count). The lowest BCUT2D eigenvalue weighted by Gasteiger charge is -2.09. The van der Waals surface area contributed by atoms with Crippen LogP contribution >= 0.6 is 11.3 Å². The van der Waals surface area contributed by atoms with Crippen molar-refractivity contribution in [1.29, 1.82) is 0 Å². The third-order valence-corrected chi connectivity index (χ3v) is 4.05. The second kappa shape index (κ2) is 5.46. The summed E-state index contributed by atoms with van der Waals surface area (Å²) in [5.41, 5.74) is 10.0. The maximum absolute atomic E-state index is 6.08. The molecule has 2 heterocycles. The standard InChI is InChI=1S/C15H16N4S/c1-10-19-14-8-13(12(16)7-15(14)20-10)18-6-4-11-3-2-5-17-9-11/h2-3,5,7-9,18H,4,6,16H2,1H3. The number of pyridine rings is 1. The van der Waals surface area contributed by atoms with Crippen molar-refractivity contribution >= 4 is 32.9 Å². The van der Waals surface area contributed by atoms with E-state index in [-0.39, 0.29) is 0 Å². The second-order valence-corrected chi connectivity index (χ2v) is 5.91. The lowest BCUT2D eigenvalue weighted by atomic mass is 10.2. The molecule has 4 nitrogen and oxygen atoms in total. The van der Waals surface area contributed by atoms with Crippen LogP contribution in [-0.2, 0) is 6.42 Å². The summed E-state index contributed by atoms with van der Waals surface area (Å²) in [4.78, 5) is 8.60. The van der Waals surface area contributed by atoms with Crippen molar-refractivity contribution in [2.75, 3.05) is 17.6 Å². The number of thiazole rings is 1. The van der Waals surface area contributed by atoms with Gasteiger partial charge in [-0.1, -0.05) is 6.07 Å². The number of hydrogen-bond donors (Lipinski definition) is 2. The molecular formula is C15H16N4S. The number of hydrogen-bond acceptors (Lipinski definition) is 5. The van der Waals surface area contributed by atoms with Crippen LogP contribution < -0.4 is 11.1 Å². The highest BCUT2D eigenvalue weighted by atomic mass is 32.1. The van der Waals surface area contributed by atoms with E-state index in [0.29, 0.717) is 0 Å². The molecule has 0 aliphatic heterocycles. The van der Waals surface area contributed by atoms with Gasteiger partial charge in [0.15, 0.2) is 0 Å². The summed E-state index contributed by atoms with van der Waals surface area (Å²) in [6.45, 7) is 2.83. The Hall–Kier alpha value is -2.14. The molecule has 5 heteroatoms. The molecule has 0 fully saturated rings. The highest BCUT2D eigenvalue weighted by molar-refractivity contribution is 7.18. The van der Waals surface area contributed by atoms with E-state index in [9.17, 15) is 0 Å². The Labute approximate surface area is 121 Å². The number of nitrogens with two attached hydrogens (primary N) is 1. The molecule has 0 unspecified atom stereocenters. The molecule has 0 radical (unpaired) electrons.